The molecule has 0 saturated heterocycles. The van der Waals surface area contributed by atoms with Gasteiger partial charge in [0.05, 0.1) is 30.3 Å². The second kappa shape index (κ2) is 9.69. The molecule has 158 valence electrons. The maximum Gasteiger partial charge on any atom is 0.339 e. The summed E-state index contributed by atoms with van der Waals surface area (Å²) in [6.07, 6.45) is 1.67. The highest BCUT2D eigenvalue weighted by Gasteiger charge is 2.21. The number of methoxy groups -OCH3 is 2. The molecular weight excluding hydrogens is 482 g/mol. The molecule has 31 heavy (non-hydrogen) atoms. The van der Waals surface area contributed by atoms with E-state index < -0.39 is 10.1 Å². The predicted molar refractivity (Wildman–Crippen MR) is 121 cm³/mol. The Morgan fingerprint density at radius 3 is 2.26 bits per heavy atom. The van der Waals surface area contributed by atoms with Gasteiger partial charge in [0.1, 0.15) is 10.6 Å². The van der Waals surface area contributed by atoms with E-state index in [9.17, 15) is 13.7 Å². The monoisotopic (exact) mass is 499 g/mol. The van der Waals surface area contributed by atoms with E-state index in [-0.39, 0.29) is 16.4 Å². The molecule has 0 fully saturated rings. The highest BCUT2D eigenvalue weighted by molar-refractivity contribution is 9.10. The quantitative estimate of drug-likeness (QED) is 0.249. The number of hydrogen-bond donors (Lipinski definition) is 0. The Balaban J connectivity index is 1.98. The lowest BCUT2D eigenvalue weighted by Crippen LogP contribution is -2.10. The van der Waals surface area contributed by atoms with E-state index in [1.807, 2.05) is 0 Å². The summed E-state index contributed by atoms with van der Waals surface area (Å²) in [5.41, 5.74) is 1.76. The molecule has 3 aromatic carbocycles. The number of nitriles is 1. The molecule has 0 aliphatic rings. The van der Waals surface area contributed by atoms with Crippen LogP contribution in [0.4, 0.5) is 0 Å². The molecule has 0 spiro atoms. The van der Waals surface area contributed by atoms with Crippen LogP contribution in [0.2, 0.25) is 0 Å². The summed E-state index contributed by atoms with van der Waals surface area (Å²) in [5.74, 6) is 0.908. The van der Waals surface area contributed by atoms with Crippen molar-refractivity contribution in [2.75, 3.05) is 14.2 Å². The van der Waals surface area contributed by atoms with Gasteiger partial charge in [0.25, 0.3) is 0 Å². The smallest absolute Gasteiger partial charge is 0.339 e. The standard InChI is InChI=1S/C23H18BrNO5S/c1-28-19-10-8-17(9-11-19)18(15-25)12-16-13-21(24)23(22(14-16)29-2)30-31(26,27)20-6-4-3-5-7-20/h3-14H,1-2H3/b18-12+. The molecule has 0 aliphatic carbocycles. The first kappa shape index (κ1) is 22.4. The Hall–Kier alpha value is -3.28. The second-order valence-electron chi connectivity index (χ2n) is 6.28. The molecule has 0 unspecified atom stereocenters. The SMILES string of the molecule is COc1ccc(/C(C#N)=C/c2cc(Br)c(OS(=O)(=O)c3ccccc3)c(OC)c2)cc1. The van der Waals surface area contributed by atoms with E-state index in [4.69, 9.17) is 13.7 Å². The molecule has 3 aromatic rings. The third kappa shape index (κ3) is 5.26. The van der Waals surface area contributed by atoms with Crippen LogP contribution in [0.15, 0.2) is 76.1 Å². The van der Waals surface area contributed by atoms with Crippen LogP contribution >= 0.6 is 15.9 Å². The number of ether oxygens (including phenoxy) is 2. The van der Waals surface area contributed by atoms with E-state index >= 15 is 0 Å². The first-order valence-corrected chi connectivity index (χ1v) is 11.2. The normalized spacial score (nSPS) is 11.5. The maximum absolute atomic E-state index is 12.6. The van der Waals surface area contributed by atoms with Crippen LogP contribution < -0.4 is 13.7 Å². The third-order valence-electron chi connectivity index (χ3n) is 4.31. The van der Waals surface area contributed by atoms with Crippen molar-refractivity contribution < 1.29 is 22.1 Å². The minimum atomic E-state index is -4.05. The largest absolute Gasteiger partial charge is 0.497 e. The Kier molecular flexibility index (Phi) is 7.00. The van der Waals surface area contributed by atoms with Gasteiger partial charge in [-0.2, -0.15) is 13.7 Å². The number of halogens is 1. The Labute approximate surface area is 189 Å². The van der Waals surface area contributed by atoms with Crippen LogP contribution in [0.5, 0.6) is 17.2 Å². The van der Waals surface area contributed by atoms with Crippen molar-refractivity contribution in [2.24, 2.45) is 0 Å². The van der Waals surface area contributed by atoms with Crippen molar-refractivity contribution in [1.82, 2.24) is 0 Å². The van der Waals surface area contributed by atoms with Crippen LogP contribution in [0, 0.1) is 11.3 Å². The summed E-state index contributed by atoms with van der Waals surface area (Å²) in [6, 6.07) is 20.3. The average Bonchev–Trinajstić information content (AvgIpc) is 2.79. The number of hydrogen-bond acceptors (Lipinski definition) is 6. The molecule has 0 atom stereocenters. The first-order valence-electron chi connectivity index (χ1n) is 9.01. The molecule has 0 radical (unpaired) electrons. The molecule has 0 N–H and O–H groups in total. The predicted octanol–water partition coefficient (Wildman–Crippen LogP) is 5.30. The van der Waals surface area contributed by atoms with Gasteiger partial charge in [0, 0.05) is 0 Å². The second-order valence-corrected chi connectivity index (χ2v) is 8.68. The molecule has 8 heteroatoms. The lowest BCUT2D eigenvalue weighted by molar-refractivity contribution is 0.389. The molecule has 0 aromatic heterocycles. The summed E-state index contributed by atoms with van der Waals surface area (Å²) in [7, 11) is -1.07. The van der Waals surface area contributed by atoms with Crippen molar-refractivity contribution in [2.45, 2.75) is 4.90 Å². The van der Waals surface area contributed by atoms with Gasteiger partial charge < -0.3 is 13.7 Å². The lowest BCUT2D eigenvalue weighted by atomic mass is 10.0. The Bertz CT molecular complexity index is 1250. The van der Waals surface area contributed by atoms with Crippen molar-refractivity contribution in [3.05, 3.63) is 82.3 Å². The highest BCUT2D eigenvalue weighted by Crippen LogP contribution is 2.39. The molecule has 0 aliphatic heterocycles. The van der Waals surface area contributed by atoms with Crippen LogP contribution in [0.3, 0.4) is 0 Å². The van der Waals surface area contributed by atoms with Gasteiger partial charge in [0.2, 0.25) is 0 Å². The van der Waals surface area contributed by atoms with Gasteiger partial charge in [-0.25, -0.2) is 0 Å². The zero-order chi connectivity index (χ0) is 22.4. The van der Waals surface area contributed by atoms with E-state index in [2.05, 4.69) is 22.0 Å². The van der Waals surface area contributed by atoms with Crippen molar-refractivity contribution in [3.8, 4) is 23.3 Å². The maximum atomic E-state index is 12.6. The zero-order valence-corrected chi connectivity index (χ0v) is 19.1. The fourth-order valence-corrected chi connectivity index (χ4v) is 4.39. The molecule has 0 heterocycles. The number of benzene rings is 3. The van der Waals surface area contributed by atoms with E-state index in [0.29, 0.717) is 26.9 Å². The highest BCUT2D eigenvalue weighted by atomic mass is 79.9. The van der Waals surface area contributed by atoms with Crippen LogP contribution in [-0.4, -0.2) is 22.6 Å². The zero-order valence-electron chi connectivity index (χ0n) is 16.7. The van der Waals surface area contributed by atoms with Crippen molar-refractivity contribution in [3.63, 3.8) is 0 Å². The Morgan fingerprint density at radius 2 is 1.68 bits per heavy atom. The molecule has 0 saturated carbocycles. The van der Waals surface area contributed by atoms with Gasteiger partial charge in [0.15, 0.2) is 11.5 Å². The summed E-state index contributed by atoms with van der Waals surface area (Å²) in [5, 5.41) is 9.60. The van der Waals surface area contributed by atoms with Gasteiger partial charge >= 0.3 is 10.1 Å². The van der Waals surface area contributed by atoms with Crippen molar-refractivity contribution in [1.29, 1.82) is 5.26 Å². The summed E-state index contributed by atoms with van der Waals surface area (Å²) >= 11 is 3.35. The minimum Gasteiger partial charge on any atom is -0.497 e. The topological polar surface area (TPSA) is 85.6 Å². The number of allylic oxidation sites excluding steroid dienone is 1. The lowest BCUT2D eigenvalue weighted by Gasteiger charge is -2.13. The van der Waals surface area contributed by atoms with Gasteiger partial charge in [-0.1, -0.05) is 18.2 Å². The summed E-state index contributed by atoms with van der Waals surface area (Å²) in [6.45, 7) is 0. The number of nitrogens with zero attached hydrogens (tertiary/aromatic N) is 1. The van der Waals surface area contributed by atoms with E-state index in [1.54, 1.807) is 67.8 Å². The minimum absolute atomic E-state index is 0.0199. The fraction of sp³-hybridized carbons (Fsp3) is 0.0870. The molecule has 3 rings (SSSR count). The van der Waals surface area contributed by atoms with E-state index in [1.165, 1.54) is 19.2 Å². The van der Waals surface area contributed by atoms with Crippen LogP contribution in [0.1, 0.15) is 11.1 Å². The third-order valence-corrected chi connectivity index (χ3v) is 6.13. The molecule has 0 amide bonds. The molecular formula is C23H18BrNO5S. The van der Waals surface area contributed by atoms with Gasteiger partial charge in [-0.3, -0.25) is 0 Å². The Morgan fingerprint density at radius 1 is 1.00 bits per heavy atom. The fourth-order valence-electron chi connectivity index (χ4n) is 2.77. The van der Waals surface area contributed by atoms with Crippen LogP contribution in [0.25, 0.3) is 11.6 Å². The number of rotatable bonds is 7. The molecule has 0 bridgehead atoms. The molecule has 6 nitrogen and oxygen atoms in total. The van der Waals surface area contributed by atoms with Crippen molar-refractivity contribution >= 4 is 37.7 Å². The average molecular weight is 500 g/mol. The summed E-state index contributed by atoms with van der Waals surface area (Å²) in [4.78, 5) is 0.0270. The van der Waals surface area contributed by atoms with E-state index in [0.717, 1.165) is 0 Å². The first-order chi connectivity index (χ1) is 14.9. The van der Waals surface area contributed by atoms with Crippen LogP contribution in [-0.2, 0) is 10.1 Å². The van der Waals surface area contributed by atoms with Gasteiger partial charge in [-0.05, 0) is 81.7 Å². The van der Waals surface area contributed by atoms with Gasteiger partial charge in [-0.15, -0.1) is 0 Å². The summed E-state index contributed by atoms with van der Waals surface area (Å²) < 4.78 is 41.4.